The summed E-state index contributed by atoms with van der Waals surface area (Å²) in [5.41, 5.74) is -0.0316. The molecule has 0 amide bonds. The van der Waals surface area contributed by atoms with Crippen LogP contribution in [0.5, 0.6) is 0 Å². The highest BCUT2D eigenvalue weighted by Gasteiger charge is 2.34. The summed E-state index contributed by atoms with van der Waals surface area (Å²) in [7, 11) is 0. The molecule has 1 aromatic rings. The van der Waals surface area contributed by atoms with E-state index in [-0.39, 0.29) is 0 Å². The molecule has 2 unspecified atom stereocenters. The molecule has 4 heteroatoms. The number of hydrogen-bond acceptors (Lipinski definition) is 3. The van der Waals surface area contributed by atoms with E-state index in [2.05, 4.69) is 11.2 Å². The number of aromatic nitrogens is 2. The van der Waals surface area contributed by atoms with E-state index in [0.29, 0.717) is 18.7 Å². The molecule has 0 aliphatic heterocycles. The molecule has 0 saturated heterocycles. The van der Waals surface area contributed by atoms with Crippen molar-refractivity contribution in [2.24, 2.45) is 5.41 Å². The second kappa shape index (κ2) is 4.45. The van der Waals surface area contributed by atoms with Crippen LogP contribution < -0.4 is 0 Å². The van der Waals surface area contributed by atoms with Crippen LogP contribution >= 0.6 is 0 Å². The lowest BCUT2D eigenvalue weighted by Crippen LogP contribution is -2.25. The van der Waals surface area contributed by atoms with Crippen molar-refractivity contribution in [1.29, 1.82) is 5.26 Å². The molecule has 1 heterocycles. The maximum absolute atomic E-state index is 10.2. The Kier molecular flexibility index (Phi) is 3.48. The third-order valence-corrected chi connectivity index (χ3v) is 2.92. The molecule has 82 valence electrons. The third-order valence-electron chi connectivity index (χ3n) is 2.92. The van der Waals surface area contributed by atoms with E-state index in [4.69, 9.17) is 5.26 Å². The molecule has 0 saturated carbocycles. The SMILES string of the molecule is CCn1nccc1C(O)C(C)(C#N)CC. The fraction of sp³-hybridized carbons (Fsp3) is 0.636. The Bertz CT molecular complexity index is 366. The van der Waals surface area contributed by atoms with Crippen molar-refractivity contribution in [3.05, 3.63) is 18.0 Å². The van der Waals surface area contributed by atoms with Crippen LogP contribution in [0.4, 0.5) is 0 Å². The smallest absolute Gasteiger partial charge is 0.114 e. The first-order chi connectivity index (χ1) is 7.09. The molecule has 0 aromatic carbocycles. The molecule has 0 spiro atoms. The van der Waals surface area contributed by atoms with E-state index in [9.17, 15) is 5.11 Å². The van der Waals surface area contributed by atoms with E-state index < -0.39 is 11.5 Å². The zero-order chi connectivity index (χ0) is 11.5. The van der Waals surface area contributed by atoms with Crippen molar-refractivity contribution in [3.63, 3.8) is 0 Å². The summed E-state index contributed by atoms with van der Waals surface area (Å²) in [6.45, 7) is 6.33. The average molecular weight is 207 g/mol. The maximum atomic E-state index is 10.2. The second-order valence-corrected chi connectivity index (χ2v) is 3.86. The molecule has 0 radical (unpaired) electrons. The molecule has 0 bridgehead atoms. The van der Waals surface area contributed by atoms with Gasteiger partial charge in [0.1, 0.15) is 6.10 Å². The van der Waals surface area contributed by atoms with Gasteiger partial charge in [-0.15, -0.1) is 0 Å². The minimum Gasteiger partial charge on any atom is -0.385 e. The van der Waals surface area contributed by atoms with E-state index in [1.807, 2.05) is 13.8 Å². The molecule has 1 aromatic heterocycles. The van der Waals surface area contributed by atoms with E-state index in [1.54, 1.807) is 23.9 Å². The van der Waals surface area contributed by atoms with E-state index in [1.165, 1.54) is 0 Å². The van der Waals surface area contributed by atoms with Gasteiger partial charge in [0, 0.05) is 12.7 Å². The van der Waals surface area contributed by atoms with E-state index in [0.717, 1.165) is 0 Å². The second-order valence-electron chi connectivity index (χ2n) is 3.86. The summed E-state index contributed by atoms with van der Waals surface area (Å²) in [4.78, 5) is 0. The molecule has 1 N–H and O–H groups in total. The molecule has 0 fully saturated rings. The summed E-state index contributed by atoms with van der Waals surface area (Å²) < 4.78 is 1.72. The van der Waals surface area contributed by atoms with Crippen molar-refractivity contribution in [2.45, 2.75) is 39.8 Å². The van der Waals surface area contributed by atoms with Gasteiger partial charge in [-0.05, 0) is 26.3 Å². The number of hydrogen-bond donors (Lipinski definition) is 1. The van der Waals surface area contributed by atoms with Crippen LogP contribution in [0.2, 0.25) is 0 Å². The first kappa shape index (κ1) is 11.7. The standard InChI is InChI=1S/C11H17N3O/c1-4-11(3,8-12)10(15)9-6-7-13-14(9)5-2/h6-7,10,15H,4-5H2,1-3H3. The van der Waals surface area contributed by atoms with Crippen molar-refractivity contribution < 1.29 is 5.11 Å². The summed E-state index contributed by atoms with van der Waals surface area (Å²) >= 11 is 0. The lowest BCUT2D eigenvalue weighted by Gasteiger charge is -2.26. The molecule has 4 nitrogen and oxygen atoms in total. The highest BCUT2D eigenvalue weighted by Crippen LogP contribution is 2.35. The topological polar surface area (TPSA) is 61.8 Å². The van der Waals surface area contributed by atoms with Crippen molar-refractivity contribution >= 4 is 0 Å². The Morgan fingerprint density at radius 2 is 2.33 bits per heavy atom. The fourth-order valence-electron chi connectivity index (χ4n) is 1.50. The van der Waals surface area contributed by atoms with Crippen LogP contribution in [0.25, 0.3) is 0 Å². The number of aliphatic hydroxyl groups is 1. The fourth-order valence-corrected chi connectivity index (χ4v) is 1.50. The van der Waals surface area contributed by atoms with Crippen LogP contribution in [-0.4, -0.2) is 14.9 Å². The van der Waals surface area contributed by atoms with E-state index >= 15 is 0 Å². The van der Waals surface area contributed by atoms with Gasteiger partial charge in [-0.25, -0.2) is 0 Å². The summed E-state index contributed by atoms with van der Waals surface area (Å²) in [6.07, 6.45) is 1.48. The third kappa shape index (κ3) is 2.02. The Balaban J connectivity index is 3.04. The van der Waals surface area contributed by atoms with Crippen LogP contribution in [-0.2, 0) is 6.54 Å². The summed E-state index contributed by atoms with van der Waals surface area (Å²) in [6, 6.07) is 3.94. The Labute approximate surface area is 90.1 Å². The molecule has 1 rings (SSSR count). The van der Waals surface area contributed by atoms with Gasteiger partial charge in [-0.3, -0.25) is 4.68 Å². The quantitative estimate of drug-likeness (QED) is 0.819. The predicted octanol–water partition coefficient (Wildman–Crippen LogP) is 1.88. The van der Waals surface area contributed by atoms with Crippen molar-refractivity contribution in [2.75, 3.05) is 0 Å². The van der Waals surface area contributed by atoms with Crippen LogP contribution in [0.15, 0.2) is 12.3 Å². The van der Waals surface area contributed by atoms with Gasteiger partial charge in [-0.1, -0.05) is 6.92 Å². The number of nitrogens with zero attached hydrogens (tertiary/aromatic N) is 3. The number of nitriles is 1. The summed E-state index contributed by atoms with van der Waals surface area (Å²) in [5, 5.41) is 23.3. The Hall–Kier alpha value is -1.34. The molecular weight excluding hydrogens is 190 g/mol. The van der Waals surface area contributed by atoms with Crippen LogP contribution in [0, 0.1) is 16.7 Å². The predicted molar refractivity (Wildman–Crippen MR) is 56.9 cm³/mol. The molecule has 0 aliphatic rings. The largest absolute Gasteiger partial charge is 0.385 e. The van der Waals surface area contributed by atoms with Gasteiger partial charge in [0.2, 0.25) is 0 Å². The average Bonchev–Trinajstić information content (AvgIpc) is 2.74. The van der Waals surface area contributed by atoms with Gasteiger partial charge >= 0.3 is 0 Å². The number of rotatable bonds is 4. The molecule has 0 aliphatic carbocycles. The Morgan fingerprint density at radius 1 is 1.67 bits per heavy atom. The first-order valence-electron chi connectivity index (χ1n) is 5.20. The molecule has 2 atom stereocenters. The summed E-state index contributed by atoms with van der Waals surface area (Å²) in [5.74, 6) is 0. The lowest BCUT2D eigenvalue weighted by atomic mass is 9.81. The highest BCUT2D eigenvalue weighted by atomic mass is 16.3. The number of aryl methyl sites for hydroxylation is 1. The normalized spacial score (nSPS) is 16.7. The minimum atomic E-state index is -0.782. The van der Waals surface area contributed by atoms with Gasteiger partial charge in [0.25, 0.3) is 0 Å². The van der Waals surface area contributed by atoms with Crippen molar-refractivity contribution in [1.82, 2.24) is 9.78 Å². The zero-order valence-electron chi connectivity index (χ0n) is 9.44. The highest BCUT2D eigenvalue weighted by molar-refractivity contribution is 5.13. The van der Waals surface area contributed by atoms with Crippen molar-refractivity contribution in [3.8, 4) is 6.07 Å². The minimum absolute atomic E-state index is 0.611. The molecular formula is C11H17N3O. The number of aliphatic hydroxyl groups excluding tert-OH is 1. The zero-order valence-corrected chi connectivity index (χ0v) is 9.44. The lowest BCUT2D eigenvalue weighted by molar-refractivity contribution is 0.0641. The maximum Gasteiger partial charge on any atom is 0.114 e. The van der Waals surface area contributed by atoms with Gasteiger partial charge in [0.05, 0.1) is 17.2 Å². The van der Waals surface area contributed by atoms with Gasteiger partial charge < -0.3 is 5.11 Å². The van der Waals surface area contributed by atoms with Gasteiger partial charge in [-0.2, -0.15) is 10.4 Å². The monoisotopic (exact) mass is 207 g/mol. The van der Waals surface area contributed by atoms with Gasteiger partial charge in [0.15, 0.2) is 0 Å². The Morgan fingerprint density at radius 3 is 2.80 bits per heavy atom. The first-order valence-corrected chi connectivity index (χ1v) is 5.20. The van der Waals surface area contributed by atoms with Crippen LogP contribution in [0.1, 0.15) is 39.0 Å². The molecule has 15 heavy (non-hydrogen) atoms. The van der Waals surface area contributed by atoms with Crippen LogP contribution in [0.3, 0.4) is 0 Å².